The number of halogens is 1. The van der Waals surface area contributed by atoms with E-state index in [2.05, 4.69) is 5.32 Å². The summed E-state index contributed by atoms with van der Waals surface area (Å²) in [5.74, 6) is 0.124. The SMILES string of the molecule is CNC1CCC(S(=O)(=O)c2cccc(Cl)c2)C1C. The number of hydrogen-bond acceptors (Lipinski definition) is 3. The zero-order valence-corrected chi connectivity index (χ0v) is 12.1. The molecule has 1 aliphatic rings. The fourth-order valence-corrected chi connectivity index (χ4v) is 5.16. The Balaban J connectivity index is 2.33. The molecule has 0 saturated heterocycles. The van der Waals surface area contributed by atoms with Gasteiger partial charge in [0, 0.05) is 11.1 Å². The molecule has 3 unspecified atom stereocenters. The van der Waals surface area contributed by atoms with Crippen LogP contribution in [0.4, 0.5) is 0 Å². The second kappa shape index (κ2) is 5.19. The summed E-state index contributed by atoms with van der Waals surface area (Å²) < 4.78 is 25.1. The van der Waals surface area contributed by atoms with E-state index in [0.29, 0.717) is 16.3 Å². The van der Waals surface area contributed by atoms with Crippen LogP contribution in [0.15, 0.2) is 29.2 Å². The van der Waals surface area contributed by atoms with Gasteiger partial charge in [-0.1, -0.05) is 24.6 Å². The third-order valence-corrected chi connectivity index (χ3v) is 6.49. The topological polar surface area (TPSA) is 46.2 Å². The summed E-state index contributed by atoms with van der Waals surface area (Å²) >= 11 is 5.87. The van der Waals surface area contributed by atoms with Crippen molar-refractivity contribution in [3.05, 3.63) is 29.3 Å². The molecule has 0 amide bonds. The maximum atomic E-state index is 12.6. The summed E-state index contributed by atoms with van der Waals surface area (Å²) in [7, 11) is -1.39. The van der Waals surface area contributed by atoms with Gasteiger partial charge in [0.2, 0.25) is 0 Å². The van der Waals surface area contributed by atoms with Crippen LogP contribution < -0.4 is 5.32 Å². The lowest BCUT2D eigenvalue weighted by atomic mass is 10.1. The van der Waals surface area contributed by atoms with Gasteiger partial charge >= 0.3 is 0 Å². The van der Waals surface area contributed by atoms with Crippen molar-refractivity contribution in [3.63, 3.8) is 0 Å². The first-order valence-electron chi connectivity index (χ1n) is 6.13. The van der Waals surface area contributed by atoms with Gasteiger partial charge in [-0.3, -0.25) is 0 Å². The van der Waals surface area contributed by atoms with E-state index >= 15 is 0 Å². The number of sulfone groups is 1. The molecule has 0 bridgehead atoms. The van der Waals surface area contributed by atoms with E-state index in [1.165, 1.54) is 6.07 Å². The second-order valence-corrected chi connectivity index (χ2v) is 7.48. The van der Waals surface area contributed by atoms with Gasteiger partial charge in [-0.25, -0.2) is 8.42 Å². The van der Waals surface area contributed by atoms with Gasteiger partial charge in [0.15, 0.2) is 9.84 Å². The highest BCUT2D eigenvalue weighted by Gasteiger charge is 2.40. The van der Waals surface area contributed by atoms with Gasteiger partial charge in [0.1, 0.15) is 0 Å². The normalized spacial score (nSPS) is 28.5. The fraction of sp³-hybridized carbons (Fsp3) is 0.538. The minimum atomic E-state index is -3.28. The van der Waals surface area contributed by atoms with E-state index in [4.69, 9.17) is 11.6 Å². The average molecular weight is 288 g/mol. The molecule has 100 valence electrons. The van der Waals surface area contributed by atoms with Crippen molar-refractivity contribution in [1.29, 1.82) is 0 Å². The first-order valence-corrected chi connectivity index (χ1v) is 8.06. The summed E-state index contributed by atoms with van der Waals surface area (Å²) in [6, 6.07) is 6.82. The van der Waals surface area contributed by atoms with Crippen LogP contribution >= 0.6 is 11.6 Å². The predicted octanol–water partition coefficient (Wildman–Crippen LogP) is 2.50. The van der Waals surface area contributed by atoms with Gasteiger partial charge in [-0.05, 0) is 44.0 Å². The predicted molar refractivity (Wildman–Crippen MR) is 73.7 cm³/mol. The summed E-state index contributed by atoms with van der Waals surface area (Å²) in [5, 5.41) is 3.34. The smallest absolute Gasteiger partial charge is 0.181 e. The lowest BCUT2D eigenvalue weighted by Crippen LogP contribution is -2.34. The molecule has 1 aliphatic carbocycles. The molecule has 5 heteroatoms. The monoisotopic (exact) mass is 287 g/mol. The number of rotatable bonds is 3. The van der Waals surface area contributed by atoms with Crippen LogP contribution in [0.2, 0.25) is 5.02 Å². The van der Waals surface area contributed by atoms with E-state index < -0.39 is 9.84 Å². The zero-order valence-electron chi connectivity index (χ0n) is 10.6. The first-order chi connectivity index (χ1) is 8.46. The molecule has 2 rings (SSSR count). The molecule has 1 saturated carbocycles. The Morgan fingerprint density at radius 3 is 2.61 bits per heavy atom. The van der Waals surface area contributed by atoms with Gasteiger partial charge in [0.05, 0.1) is 10.1 Å². The standard InChI is InChI=1S/C13H18ClNO2S/c1-9-12(15-2)6-7-13(9)18(16,17)11-5-3-4-10(14)8-11/h3-5,8-9,12-13,15H,6-7H2,1-2H3. The molecule has 0 aliphatic heterocycles. The van der Waals surface area contributed by atoms with E-state index in [0.717, 1.165) is 6.42 Å². The van der Waals surface area contributed by atoms with Crippen LogP contribution in [-0.2, 0) is 9.84 Å². The largest absolute Gasteiger partial charge is 0.317 e. The zero-order chi connectivity index (χ0) is 13.3. The Labute approximate surface area is 113 Å². The van der Waals surface area contributed by atoms with E-state index in [9.17, 15) is 8.42 Å². The van der Waals surface area contributed by atoms with Crippen molar-refractivity contribution < 1.29 is 8.42 Å². The quantitative estimate of drug-likeness (QED) is 0.929. The maximum Gasteiger partial charge on any atom is 0.181 e. The lowest BCUT2D eigenvalue weighted by molar-refractivity contribution is 0.453. The van der Waals surface area contributed by atoms with Gasteiger partial charge in [-0.2, -0.15) is 0 Å². The molecular weight excluding hydrogens is 270 g/mol. The van der Waals surface area contributed by atoms with Crippen LogP contribution in [0.3, 0.4) is 0 Å². The minimum Gasteiger partial charge on any atom is -0.317 e. The Hall–Kier alpha value is -0.580. The Bertz CT molecular complexity index is 530. The third-order valence-electron chi connectivity index (χ3n) is 3.88. The molecule has 18 heavy (non-hydrogen) atoms. The van der Waals surface area contributed by atoms with Crippen LogP contribution in [-0.4, -0.2) is 26.8 Å². The van der Waals surface area contributed by atoms with Gasteiger partial charge in [-0.15, -0.1) is 0 Å². The van der Waals surface area contributed by atoms with Crippen LogP contribution in [0, 0.1) is 5.92 Å². The second-order valence-electron chi connectivity index (χ2n) is 4.87. The molecule has 1 aromatic carbocycles. The molecule has 1 N–H and O–H groups in total. The van der Waals surface area contributed by atoms with Crippen molar-refractivity contribution >= 4 is 21.4 Å². The van der Waals surface area contributed by atoms with Crippen molar-refractivity contribution in [3.8, 4) is 0 Å². The number of benzene rings is 1. The number of hydrogen-bond donors (Lipinski definition) is 1. The molecule has 3 atom stereocenters. The maximum absolute atomic E-state index is 12.6. The van der Waals surface area contributed by atoms with Gasteiger partial charge in [0.25, 0.3) is 0 Å². The Morgan fingerprint density at radius 2 is 2.06 bits per heavy atom. The molecule has 0 aromatic heterocycles. The summed E-state index contributed by atoms with van der Waals surface area (Å²) in [4.78, 5) is 0.337. The van der Waals surface area contributed by atoms with E-state index in [-0.39, 0.29) is 17.2 Å². The van der Waals surface area contributed by atoms with Crippen LogP contribution in [0.5, 0.6) is 0 Å². The van der Waals surface area contributed by atoms with Crippen LogP contribution in [0.25, 0.3) is 0 Å². The highest BCUT2D eigenvalue weighted by molar-refractivity contribution is 7.92. The minimum absolute atomic E-state index is 0.124. The highest BCUT2D eigenvalue weighted by atomic mass is 35.5. The van der Waals surface area contributed by atoms with Crippen LogP contribution in [0.1, 0.15) is 19.8 Å². The molecule has 0 radical (unpaired) electrons. The van der Waals surface area contributed by atoms with E-state index in [1.54, 1.807) is 18.2 Å². The van der Waals surface area contributed by atoms with Crippen molar-refractivity contribution in [2.75, 3.05) is 7.05 Å². The molecule has 1 aromatic rings. The lowest BCUT2D eigenvalue weighted by Gasteiger charge is -2.20. The molecule has 0 spiro atoms. The molecular formula is C13H18ClNO2S. The number of nitrogens with one attached hydrogen (secondary N) is 1. The Morgan fingerprint density at radius 1 is 1.33 bits per heavy atom. The molecule has 0 heterocycles. The molecule has 3 nitrogen and oxygen atoms in total. The summed E-state index contributed by atoms with van der Waals surface area (Å²) in [5.41, 5.74) is 0. The van der Waals surface area contributed by atoms with Crippen molar-refractivity contribution in [2.24, 2.45) is 5.92 Å². The molecule has 1 fully saturated rings. The van der Waals surface area contributed by atoms with Crippen molar-refractivity contribution in [1.82, 2.24) is 5.32 Å². The average Bonchev–Trinajstić information content (AvgIpc) is 2.71. The summed E-state index contributed by atoms with van der Waals surface area (Å²) in [6.45, 7) is 2.00. The Kier molecular flexibility index (Phi) is 3.99. The first kappa shape index (κ1) is 13.8. The highest BCUT2D eigenvalue weighted by Crippen LogP contribution is 2.35. The van der Waals surface area contributed by atoms with E-state index in [1.807, 2.05) is 14.0 Å². The fourth-order valence-electron chi connectivity index (χ4n) is 2.79. The summed E-state index contributed by atoms with van der Waals surface area (Å²) in [6.07, 6.45) is 1.61. The third kappa shape index (κ3) is 2.42. The van der Waals surface area contributed by atoms with Crippen molar-refractivity contribution in [2.45, 2.75) is 36.0 Å². The van der Waals surface area contributed by atoms with Gasteiger partial charge < -0.3 is 5.32 Å².